The first-order chi connectivity index (χ1) is 15.8. The number of hydrogen-bond acceptors (Lipinski definition) is 6. The van der Waals surface area contributed by atoms with Gasteiger partial charge in [0.15, 0.2) is 0 Å². The number of methoxy groups -OCH3 is 2. The Morgan fingerprint density at radius 2 is 1.79 bits per heavy atom. The summed E-state index contributed by atoms with van der Waals surface area (Å²) in [6.45, 7) is 7.06. The van der Waals surface area contributed by atoms with Gasteiger partial charge in [-0.25, -0.2) is 0 Å². The third kappa shape index (κ3) is 5.20. The molecule has 1 N–H and O–H groups in total. The first kappa shape index (κ1) is 24.3. The van der Waals surface area contributed by atoms with Gasteiger partial charge in [-0.2, -0.15) is 0 Å². The van der Waals surface area contributed by atoms with Crippen molar-refractivity contribution in [3.05, 3.63) is 64.7 Å². The summed E-state index contributed by atoms with van der Waals surface area (Å²) in [4.78, 5) is 27.5. The Morgan fingerprint density at radius 3 is 2.39 bits per heavy atom. The average Bonchev–Trinajstić information content (AvgIpc) is 3.06. The van der Waals surface area contributed by atoms with Crippen LogP contribution in [0.5, 0.6) is 11.5 Å². The van der Waals surface area contributed by atoms with Crippen LogP contribution in [0.25, 0.3) is 5.76 Å². The molecule has 1 aliphatic rings. The van der Waals surface area contributed by atoms with Crippen LogP contribution in [0.2, 0.25) is 0 Å². The molecule has 1 heterocycles. The molecule has 0 radical (unpaired) electrons. The normalized spacial score (nSPS) is 17.6. The van der Waals surface area contributed by atoms with Crippen molar-refractivity contribution in [3.63, 3.8) is 0 Å². The molecule has 7 heteroatoms. The second-order valence-corrected chi connectivity index (χ2v) is 8.46. The molecule has 33 heavy (non-hydrogen) atoms. The summed E-state index contributed by atoms with van der Waals surface area (Å²) in [5, 5.41) is 11.3. The van der Waals surface area contributed by atoms with Gasteiger partial charge in [0.25, 0.3) is 11.7 Å². The van der Waals surface area contributed by atoms with Crippen molar-refractivity contribution in [1.82, 2.24) is 4.90 Å². The summed E-state index contributed by atoms with van der Waals surface area (Å²) in [7, 11) is 3.02. The number of benzene rings is 2. The summed E-state index contributed by atoms with van der Waals surface area (Å²) in [6.07, 6.45) is 0. The van der Waals surface area contributed by atoms with Crippen molar-refractivity contribution in [2.75, 3.05) is 34.0 Å². The van der Waals surface area contributed by atoms with Gasteiger partial charge in [0.05, 0.1) is 37.5 Å². The van der Waals surface area contributed by atoms with Crippen molar-refractivity contribution in [3.8, 4) is 11.5 Å². The van der Waals surface area contributed by atoms with Crippen LogP contribution in [0.15, 0.2) is 48.0 Å². The Labute approximate surface area is 194 Å². The van der Waals surface area contributed by atoms with Crippen molar-refractivity contribution < 1.29 is 28.9 Å². The van der Waals surface area contributed by atoms with Crippen LogP contribution >= 0.6 is 0 Å². The van der Waals surface area contributed by atoms with Gasteiger partial charge in [0.2, 0.25) is 0 Å². The van der Waals surface area contributed by atoms with Crippen LogP contribution in [-0.4, -0.2) is 55.7 Å². The molecule has 1 unspecified atom stereocenters. The molecule has 176 valence electrons. The smallest absolute Gasteiger partial charge is 0.295 e. The Kier molecular flexibility index (Phi) is 7.76. The van der Waals surface area contributed by atoms with Gasteiger partial charge >= 0.3 is 0 Å². The van der Waals surface area contributed by atoms with Crippen LogP contribution < -0.4 is 9.47 Å². The fourth-order valence-electron chi connectivity index (χ4n) is 3.81. The van der Waals surface area contributed by atoms with E-state index in [0.717, 1.165) is 5.56 Å². The summed E-state index contributed by atoms with van der Waals surface area (Å²) >= 11 is 0. The van der Waals surface area contributed by atoms with E-state index < -0.39 is 17.7 Å². The third-order valence-electron chi connectivity index (χ3n) is 5.47. The van der Waals surface area contributed by atoms with Gasteiger partial charge in [0, 0.05) is 13.7 Å². The van der Waals surface area contributed by atoms with Gasteiger partial charge in [0.1, 0.15) is 17.3 Å². The lowest BCUT2D eigenvalue weighted by Gasteiger charge is -2.25. The van der Waals surface area contributed by atoms with Gasteiger partial charge in [-0.1, -0.05) is 37.6 Å². The zero-order chi connectivity index (χ0) is 24.1. The van der Waals surface area contributed by atoms with E-state index in [1.807, 2.05) is 25.1 Å². The molecule has 1 amide bonds. The Balaban J connectivity index is 2.11. The highest BCUT2D eigenvalue weighted by atomic mass is 16.5. The minimum Gasteiger partial charge on any atom is -0.507 e. The highest BCUT2D eigenvalue weighted by Crippen LogP contribution is 2.41. The number of carbonyl (C=O) groups is 2. The standard InChI is InChI=1S/C26H31NO6/c1-16(2)15-33-19-9-7-18(8-10-19)23-22(25(29)26(30)27(23)12-13-31-4)24(28)20-14-17(3)6-11-21(20)32-5/h6-11,14,16,23,28H,12-13,15H2,1-5H3/b24-22+. The molecule has 1 aliphatic heterocycles. The van der Waals surface area contributed by atoms with Crippen LogP contribution in [0.3, 0.4) is 0 Å². The zero-order valence-electron chi connectivity index (χ0n) is 19.8. The van der Waals surface area contributed by atoms with Gasteiger partial charge in [-0.05, 0) is 42.7 Å². The topological polar surface area (TPSA) is 85.3 Å². The van der Waals surface area contributed by atoms with Crippen molar-refractivity contribution in [2.45, 2.75) is 26.8 Å². The number of rotatable bonds is 9. The molecular weight excluding hydrogens is 422 g/mol. The fourth-order valence-corrected chi connectivity index (χ4v) is 3.81. The molecule has 1 atom stereocenters. The number of ether oxygens (including phenoxy) is 3. The molecule has 0 aromatic heterocycles. The maximum atomic E-state index is 13.1. The second-order valence-electron chi connectivity index (χ2n) is 8.46. The zero-order valence-corrected chi connectivity index (χ0v) is 19.8. The Bertz CT molecular complexity index is 1040. The lowest BCUT2D eigenvalue weighted by Crippen LogP contribution is -2.32. The third-order valence-corrected chi connectivity index (χ3v) is 5.47. The minimum absolute atomic E-state index is 0.0239. The number of amides is 1. The number of hydrogen-bond donors (Lipinski definition) is 1. The predicted octanol–water partition coefficient (Wildman–Crippen LogP) is 4.11. The van der Waals surface area contributed by atoms with E-state index >= 15 is 0 Å². The molecule has 1 fully saturated rings. The second kappa shape index (κ2) is 10.5. The first-order valence-electron chi connectivity index (χ1n) is 10.9. The van der Waals surface area contributed by atoms with Crippen molar-refractivity contribution in [2.24, 2.45) is 5.92 Å². The largest absolute Gasteiger partial charge is 0.507 e. The van der Waals surface area contributed by atoms with Crippen LogP contribution in [-0.2, 0) is 14.3 Å². The number of aliphatic hydroxyl groups excluding tert-OH is 1. The van der Waals surface area contributed by atoms with Gasteiger partial charge < -0.3 is 24.2 Å². The molecule has 0 aliphatic carbocycles. The van der Waals surface area contributed by atoms with Crippen LogP contribution in [0.1, 0.15) is 36.6 Å². The fraction of sp³-hybridized carbons (Fsp3) is 0.385. The lowest BCUT2D eigenvalue weighted by atomic mass is 9.94. The van der Waals surface area contributed by atoms with Crippen molar-refractivity contribution >= 4 is 17.4 Å². The van der Waals surface area contributed by atoms with Crippen LogP contribution in [0, 0.1) is 12.8 Å². The molecule has 7 nitrogen and oxygen atoms in total. The van der Waals surface area contributed by atoms with Gasteiger partial charge in [-0.3, -0.25) is 9.59 Å². The highest BCUT2D eigenvalue weighted by molar-refractivity contribution is 6.46. The molecule has 2 aromatic rings. The average molecular weight is 454 g/mol. The number of aryl methyl sites for hydroxylation is 1. The number of nitrogens with zero attached hydrogens (tertiary/aromatic N) is 1. The monoisotopic (exact) mass is 453 g/mol. The first-order valence-corrected chi connectivity index (χ1v) is 10.9. The lowest BCUT2D eigenvalue weighted by molar-refractivity contribution is -0.140. The van der Waals surface area contributed by atoms with E-state index in [4.69, 9.17) is 14.2 Å². The summed E-state index contributed by atoms with van der Waals surface area (Å²) in [6, 6.07) is 11.8. The summed E-state index contributed by atoms with van der Waals surface area (Å²) in [5.74, 6) is -0.185. The maximum Gasteiger partial charge on any atom is 0.295 e. The molecule has 0 bridgehead atoms. The van der Waals surface area contributed by atoms with E-state index in [1.165, 1.54) is 19.1 Å². The summed E-state index contributed by atoms with van der Waals surface area (Å²) in [5.41, 5.74) is 1.96. The minimum atomic E-state index is -0.760. The molecule has 3 rings (SSSR count). The predicted molar refractivity (Wildman–Crippen MR) is 125 cm³/mol. The quantitative estimate of drug-likeness (QED) is 0.349. The van der Waals surface area contributed by atoms with E-state index in [-0.39, 0.29) is 24.5 Å². The summed E-state index contributed by atoms with van der Waals surface area (Å²) < 4.78 is 16.3. The highest BCUT2D eigenvalue weighted by Gasteiger charge is 2.46. The number of ketones is 1. The number of carbonyl (C=O) groups excluding carboxylic acids is 2. The Morgan fingerprint density at radius 1 is 1.09 bits per heavy atom. The molecule has 0 spiro atoms. The number of Topliss-reactive ketones (excluding diaryl/α,β-unsaturated/α-hetero) is 1. The van der Waals surface area contributed by atoms with Gasteiger partial charge in [-0.15, -0.1) is 0 Å². The van der Waals surface area contributed by atoms with E-state index in [2.05, 4.69) is 13.8 Å². The van der Waals surface area contributed by atoms with E-state index in [1.54, 1.807) is 24.3 Å². The van der Waals surface area contributed by atoms with E-state index in [0.29, 0.717) is 35.2 Å². The van der Waals surface area contributed by atoms with Crippen LogP contribution in [0.4, 0.5) is 0 Å². The number of aliphatic hydroxyl groups is 1. The SMILES string of the molecule is COCCN1C(=O)C(=O)/C(=C(/O)c2cc(C)ccc2OC)C1c1ccc(OCC(C)C)cc1. The number of likely N-dealkylation sites (tertiary alicyclic amines) is 1. The maximum absolute atomic E-state index is 13.1. The molecule has 2 aromatic carbocycles. The molecule has 0 saturated carbocycles. The van der Waals surface area contributed by atoms with E-state index in [9.17, 15) is 14.7 Å². The molecular formula is C26H31NO6. The molecule has 1 saturated heterocycles. The Hall–Kier alpha value is -3.32. The van der Waals surface area contributed by atoms with Crippen molar-refractivity contribution in [1.29, 1.82) is 0 Å².